The van der Waals surface area contributed by atoms with E-state index in [0.29, 0.717) is 6.61 Å². The highest BCUT2D eigenvalue weighted by molar-refractivity contribution is 5.47. The molecule has 1 heterocycles. The lowest BCUT2D eigenvalue weighted by Crippen LogP contribution is -2.47. The second-order valence-corrected chi connectivity index (χ2v) is 6.33. The largest absolute Gasteiger partial charge is 0.497 e. The zero-order chi connectivity index (χ0) is 17.6. The van der Waals surface area contributed by atoms with Gasteiger partial charge in [0, 0.05) is 31.4 Å². The van der Waals surface area contributed by atoms with Crippen molar-refractivity contribution in [1.82, 2.24) is 5.32 Å². The van der Waals surface area contributed by atoms with E-state index < -0.39 is 0 Å². The molecule has 2 unspecified atom stereocenters. The molecule has 1 saturated heterocycles. The molecular weight excluding hydrogens is 319 g/mol. The molecule has 2 atom stereocenters. The maximum absolute atomic E-state index is 13.4. The van der Waals surface area contributed by atoms with Crippen molar-refractivity contribution in [2.45, 2.75) is 19.1 Å². The van der Waals surface area contributed by atoms with Gasteiger partial charge in [-0.25, -0.2) is 4.39 Å². The third-order valence-electron chi connectivity index (χ3n) is 4.56. The Morgan fingerprint density at radius 2 is 2.12 bits per heavy atom. The molecule has 1 aliphatic rings. The maximum Gasteiger partial charge on any atom is 0.125 e. The molecule has 1 aliphatic heterocycles. The van der Waals surface area contributed by atoms with Gasteiger partial charge in [0.2, 0.25) is 0 Å². The van der Waals surface area contributed by atoms with Gasteiger partial charge in [0.05, 0.1) is 19.8 Å². The number of nitrogens with one attached hydrogen (secondary N) is 1. The molecule has 0 saturated carbocycles. The lowest BCUT2D eigenvalue weighted by atomic mass is 10.1. The summed E-state index contributed by atoms with van der Waals surface area (Å²) in [6, 6.07) is 15.0. The molecule has 1 fully saturated rings. The Morgan fingerprint density at radius 1 is 1.28 bits per heavy atom. The number of hydrogen-bond donors (Lipinski definition) is 1. The number of anilines is 1. The Labute approximate surface area is 148 Å². The molecule has 0 spiro atoms. The van der Waals surface area contributed by atoms with Crippen LogP contribution in [0.4, 0.5) is 10.1 Å². The first-order valence-electron chi connectivity index (χ1n) is 8.65. The van der Waals surface area contributed by atoms with E-state index in [0.717, 1.165) is 31.1 Å². The molecular formula is C20H25FN2O2. The van der Waals surface area contributed by atoms with Crippen molar-refractivity contribution < 1.29 is 13.9 Å². The van der Waals surface area contributed by atoms with Gasteiger partial charge in [0.15, 0.2) is 0 Å². The number of ether oxygens (including phenoxy) is 2. The maximum atomic E-state index is 13.4. The summed E-state index contributed by atoms with van der Waals surface area (Å²) in [6.07, 6.45) is 0.0741. The number of halogens is 1. The van der Waals surface area contributed by atoms with Crippen molar-refractivity contribution in [2.24, 2.45) is 0 Å². The van der Waals surface area contributed by atoms with Crippen LogP contribution in [-0.2, 0) is 4.74 Å². The summed E-state index contributed by atoms with van der Waals surface area (Å²) in [4.78, 5) is 2.18. The Kier molecular flexibility index (Phi) is 5.89. The summed E-state index contributed by atoms with van der Waals surface area (Å²) in [5.74, 6) is 0.655. The highest BCUT2D eigenvalue weighted by atomic mass is 19.1. The van der Waals surface area contributed by atoms with Crippen LogP contribution in [0.3, 0.4) is 0 Å². The predicted octanol–water partition coefficient (Wildman–Crippen LogP) is 3.39. The number of rotatable bonds is 6. The lowest BCUT2D eigenvalue weighted by molar-refractivity contribution is 0.0394. The number of benzene rings is 2. The van der Waals surface area contributed by atoms with Crippen LogP contribution in [0.2, 0.25) is 0 Å². The molecule has 0 amide bonds. The second-order valence-electron chi connectivity index (χ2n) is 6.33. The standard InChI is InChI=1S/C20H25FN2O2/c1-15(16-5-3-8-19(11-16)24-2)22-13-20-14-23(9-10-25-20)18-7-4-6-17(21)12-18/h3-8,11-12,15,20,22H,9-10,13-14H2,1-2H3. The SMILES string of the molecule is COc1cccc(C(C)NCC2CN(c3cccc(F)c3)CCO2)c1. The molecule has 0 radical (unpaired) electrons. The minimum absolute atomic E-state index is 0.0741. The van der Waals surface area contributed by atoms with Gasteiger partial charge in [0.25, 0.3) is 0 Å². The average molecular weight is 344 g/mol. The average Bonchev–Trinajstić information content (AvgIpc) is 2.66. The Hall–Kier alpha value is -2.11. The molecule has 3 rings (SSSR count). The number of nitrogens with zero attached hydrogens (tertiary/aromatic N) is 1. The molecule has 25 heavy (non-hydrogen) atoms. The van der Waals surface area contributed by atoms with E-state index in [1.807, 2.05) is 24.3 Å². The monoisotopic (exact) mass is 344 g/mol. The van der Waals surface area contributed by atoms with Crippen molar-refractivity contribution in [1.29, 1.82) is 0 Å². The van der Waals surface area contributed by atoms with E-state index in [1.165, 1.54) is 11.6 Å². The van der Waals surface area contributed by atoms with Gasteiger partial charge in [0.1, 0.15) is 11.6 Å². The van der Waals surface area contributed by atoms with E-state index in [2.05, 4.69) is 23.2 Å². The number of morpholine rings is 1. The van der Waals surface area contributed by atoms with Crippen molar-refractivity contribution >= 4 is 5.69 Å². The fourth-order valence-corrected chi connectivity index (χ4v) is 3.09. The first-order chi connectivity index (χ1) is 12.2. The van der Waals surface area contributed by atoms with E-state index in [1.54, 1.807) is 19.2 Å². The van der Waals surface area contributed by atoms with Crippen LogP contribution in [-0.4, -0.2) is 39.5 Å². The molecule has 2 aromatic rings. The molecule has 0 bridgehead atoms. The third-order valence-corrected chi connectivity index (χ3v) is 4.56. The number of methoxy groups -OCH3 is 1. The van der Waals surface area contributed by atoms with Gasteiger partial charge < -0.3 is 19.7 Å². The van der Waals surface area contributed by atoms with Crippen molar-refractivity contribution in [2.75, 3.05) is 38.3 Å². The summed E-state index contributed by atoms with van der Waals surface area (Å²) in [5.41, 5.74) is 2.09. The van der Waals surface area contributed by atoms with E-state index in [9.17, 15) is 4.39 Å². The van der Waals surface area contributed by atoms with Crippen molar-refractivity contribution in [3.8, 4) is 5.75 Å². The minimum atomic E-state index is -0.203. The minimum Gasteiger partial charge on any atom is -0.497 e. The van der Waals surface area contributed by atoms with Gasteiger partial charge >= 0.3 is 0 Å². The highest BCUT2D eigenvalue weighted by Crippen LogP contribution is 2.21. The fraction of sp³-hybridized carbons (Fsp3) is 0.400. The fourth-order valence-electron chi connectivity index (χ4n) is 3.09. The van der Waals surface area contributed by atoms with E-state index >= 15 is 0 Å². The quantitative estimate of drug-likeness (QED) is 0.871. The molecule has 1 N–H and O–H groups in total. The van der Waals surface area contributed by atoms with Crippen LogP contribution in [0.25, 0.3) is 0 Å². The highest BCUT2D eigenvalue weighted by Gasteiger charge is 2.21. The van der Waals surface area contributed by atoms with Gasteiger partial charge in [-0.2, -0.15) is 0 Å². The molecule has 2 aromatic carbocycles. The Morgan fingerprint density at radius 3 is 2.92 bits per heavy atom. The predicted molar refractivity (Wildman–Crippen MR) is 97.8 cm³/mol. The summed E-state index contributed by atoms with van der Waals surface area (Å²) >= 11 is 0. The normalized spacial score (nSPS) is 18.8. The van der Waals surface area contributed by atoms with E-state index in [-0.39, 0.29) is 18.0 Å². The second kappa shape index (κ2) is 8.32. The summed E-state index contributed by atoms with van der Waals surface area (Å²) < 4.78 is 24.6. The summed E-state index contributed by atoms with van der Waals surface area (Å²) in [7, 11) is 1.67. The van der Waals surface area contributed by atoms with Crippen LogP contribution >= 0.6 is 0 Å². The summed E-state index contributed by atoms with van der Waals surface area (Å²) in [6.45, 7) is 5.05. The van der Waals surface area contributed by atoms with Gasteiger partial charge in [-0.05, 0) is 42.8 Å². The molecule has 134 valence electrons. The smallest absolute Gasteiger partial charge is 0.125 e. The molecule has 0 aromatic heterocycles. The van der Waals surface area contributed by atoms with Crippen LogP contribution < -0.4 is 15.0 Å². The zero-order valence-corrected chi connectivity index (χ0v) is 14.7. The van der Waals surface area contributed by atoms with Crippen LogP contribution in [0.1, 0.15) is 18.5 Å². The Bertz CT molecular complexity index is 695. The summed E-state index contributed by atoms with van der Waals surface area (Å²) in [5, 5.41) is 3.52. The van der Waals surface area contributed by atoms with Gasteiger partial charge in [-0.3, -0.25) is 0 Å². The first-order valence-corrected chi connectivity index (χ1v) is 8.65. The first kappa shape index (κ1) is 17.7. The van der Waals surface area contributed by atoms with E-state index in [4.69, 9.17) is 9.47 Å². The van der Waals surface area contributed by atoms with Crippen LogP contribution in [0.5, 0.6) is 5.75 Å². The van der Waals surface area contributed by atoms with Crippen molar-refractivity contribution in [3.63, 3.8) is 0 Å². The topological polar surface area (TPSA) is 33.7 Å². The third kappa shape index (κ3) is 4.71. The van der Waals surface area contributed by atoms with Crippen LogP contribution in [0.15, 0.2) is 48.5 Å². The zero-order valence-electron chi connectivity index (χ0n) is 14.7. The Balaban J connectivity index is 1.55. The lowest BCUT2D eigenvalue weighted by Gasteiger charge is -2.35. The number of hydrogen-bond acceptors (Lipinski definition) is 4. The molecule has 5 heteroatoms. The van der Waals surface area contributed by atoms with Gasteiger partial charge in [-0.15, -0.1) is 0 Å². The van der Waals surface area contributed by atoms with Crippen molar-refractivity contribution in [3.05, 3.63) is 59.9 Å². The molecule has 0 aliphatic carbocycles. The molecule has 4 nitrogen and oxygen atoms in total. The van der Waals surface area contributed by atoms with Crippen LogP contribution in [0, 0.1) is 5.82 Å². The van der Waals surface area contributed by atoms with Gasteiger partial charge in [-0.1, -0.05) is 18.2 Å².